The molecule has 0 radical (unpaired) electrons. The van der Waals surface area contributed by atoms with Crippen LogP contribution in [0, 0.1) is 0 Å². The quantitative estimate of drug-likeness (QED) is 0.472. The van der Waals surface area contributed by atoms with Crippen molar-refractivity contribution in [1.29, 1.82) is 0 Å². The highest BCUT2D eigenvalue weighted by molar-refractivity contribution is 6.49. The summed E-state index contributed by atoms with van der Waals surface area (Å²) in [5.74, 6) is -0.474. The van der Waals surface area contributed by atoms with Gasteiger partial charge in [0.2, 0.25) is 0 Å². The Labute approximate surface area is 180 Å². The number of rotatable bonds is 6. The normalized spacial score (nSPS) is 14.7. The van der Waals surface area contributed by atoms with Crippen LogP contribution in [0.2, 0.25) is 0 Å². The number of carbonyl (C=O) groups is 2. The summed E-state index contributed by atoms with van der Waals surface area (Å²) < 4.78 is 0. The summed E-state index contributed by atoms with van der Waals surface area (Å²) in [7, 11) is 3.97. The highest BCUT2D eigenvalue weighted by atomic mass is 16.2. The number of imide groups is 1. The number of nitrogens with one attached hydrogen (secondary N) is 2. The van der Waals surface area contributed by atoms with Crippen molar-refractivity contribution >= 4 is 44.8 Å². The molecular formula is C25H24N4O2. The standard InChI is InChI=1S/C25H24N4O2/c1-28(2)12-7-13-29-24(30)22(18-15-26-20-11-6-4-9-17(18)20)23(25(29)31)21-14-16-8-3-5-10-19(16)27-21/h3-6,8-11,14-15,26-27H,7,12-13H2,1-2H3. The van der Waals surface area contributed by atoms with Gasteiger partial charge in [-0.2, -0.15) is 0 Å². The lowest BCUT2D eigenvalue weighted by atomic mass is 9.99. The number of para-hydroxylation sites is 2. The molecule has 2 amide bonds. The van der Waals surface area contributed by atoms with Crippen molar-refractivity contribution in [1.82, 2.24) is 19.8 Å². The monoisotopic (exact) mass is 412 g/mol. The summed E-state index contributed by atoms with van der Waals surface area (Å²) in [6, 6.07) is 17.7. The molecule has 4 aromatic rings. The molecule has 31 heavy (non-hydrogen) atoms. The summed E-state index contributed by atoms with van der Waals surface area (Å²) >= 11 is 0. The minimum atomic E-state index is -0.240. The second-order valence-corrected chi connectivity index (χ2v) is 8.19. The van der Waals surface area contributed by atoms with Gasteiger partial charge < -0.3 is 14.9 Å². The Bertz CT molecular complexity index is 1310. The van der Waals surface area contributed by atoms with Crippen LogP contribution in [0.1, 0.15) is 17.7 Å². The third kappa shape index (κ3) is 3.25. The predicted octanol–water partition coefficient (Wildman–Crippen LogP) is 3.88. The minimum Gasteiger partial charge on any atom is -0.361 e. The second-order valence-electron chi connectivity index (χ2n) is 8.19. The van der Waals surface area contributed by atoms with Crippen molar-refractivity contribution in [3.63, 3.8) is 0 Å². The Morgan fingerprint density at radius 2 is 1.61 bits per heavy atom. The van der Waals surface area contributed by atoms with Crippen molar-refractivity contribution in [2.45, 2.75) is 6.42 Å². The first-order chi connectivity index (χ1) is 15.0. The van der Waals surface area contributed by atoms with E-state index in [1.807, 2.05) is 74.9 Å². The van der Waals surface area contributed by atoms with E-state index in [0.29, 0.717) is 23.4 Å². The molecule has 2 aromatic heterocycles. The number of aromatic nitrogens is 2. The van der Waals surface area contributed by atoms with Gasteiger partial charge in [0.05, 0.1) is 16.8 Å². The topological polar surface area (TPSA) is 72.2 Å². The van der Waals surface area contributed by atoms with Gasteiger partial charge in [0.25, 0.3) is 11.8 Å². The van der Waals surface area contributed by atoms with E-state index in [4.69, 9.17) is 0 Å². The number of hydrogen-bond donors (Lipinski definition) is 2. The van der Waals surface area contributed by atoms with Crippen molar-refractivity contribution in [2.75, 3.05) is 27.2 Å². The van der Waals surface area contributed by atoms with Crippen LogP contribution < -0.4 is 0 Å². The molecule has 6 nitrogen and oxygen atoms in total. The van der Waals surface area contributed by atoms with Crippen LogP contribution in [0.5, 0.6) is 0 Å². The van der Waals surface area contributed by atoms with Gasteiger partial charge in [-0.25, -0.2) is 0 Å². The molecule has 5 rings (SSSR count). The highest BCUT2D eigenvalue weighted by Crippen LogP contribution is 2.39. The first kappa shape index (κ1) is 19.3. The van der Waals surface area contributed by atoms with Crippen LogP contribution in [0.3, 0.4) is 0 Å². The van der Waals surface area contributed by atoms with Crippen LogP contribution in [-0.2, 0) is 9.59 Å². The van der Waals surface area contributed by atoms with E-state index < -0.39 is 0 Å². The zero-order valence-corrected chi connectivity index (χ0v) is 17.6. The largest absolute Gasteiger partial charge is 0.361 e. The van der Waals surface area contributed by atoms with Crippen molar-refractivity contribution < 1.29 is 9.59 Å². The summed E-state index contributed by atoms with van der Waals surface area (Å²) in [5, 5.41) is 1.94. The number of nitrogens with zero attached hydrogens (tertiary/aromatic N) is 2. The molecule has 0 unspecified atom stereocenters. The summed E-state index contributed by atoms with van der Waals surface area (Å²) in [6.07, 6.45) is 2.56. The molecule has 1 aliphatic heterocycles. The van der Waals surface area contributed by atoms with Crippen LogP contribution >= 0.6 is 0 Å². The minimum absolute atomic E-state index is 0.234. The van der Waals surface area contributed by atoms with E-state index in [1.54, 1.807) is 0 Å². The van der Waals surface area contributed by atoms with Gasteiger partial charge in [-0.05, 0) is 45.3 Å². The Hall–Kier alpha value is -3.64. The number of fused-ring (bicyclic) bond motifs is 2. The van der Waals surface area contributed by atoms with Gasteiger partial charge in [0.1, 0.15) is 0 Å². The maximum Gasteiger partial charge on any atom is 0.263 e. The zero-order valence-electron chi connectivity index (χ0n) is 17.6. The van der Waals surface area contributed by atoms with E-state index in [2.05, 4.69) is 14.9 Å². The molecule has 0 saturated carbocycles. The number of carbonyl (C=O) groups excluding carboxylic acids is 2. The molecule has 3 heterocycles. The smallest absolute Gasteiger partial charge is 0.263 e. The molecule has 2 aromatic carbocycles. The lowest BCUT2D eigenvalue weighted by Crippen LogP contribution is -2.34. The molecule has 2 N–H and O–H groups in total. The van der Waals surface area contributed by atoms with Gasteiger partial charge >= 0.3 is 0 Å². The molecule has 6 heteroatoms. The van der Waals surface area contributed by atoms with E-state index in [9.17, 15) is 9.59 Å². The summed E-state index contributed by atoms with van der Waals surface area (Å²) in [5.41, 5.74) is 4.21. The van der Waals surface area contributed by atoms with Crippen molar-refractivity contribution in [3.05, 3.63) is 72.1 Å². The van der Waals surface area contributed by atoms with E-state index in [-0.39, 0.29) is 11.8 Å². The van der Waals surface area contributed by atoms with Gasteiger partial charge in [0.15, 0.2) is 0 Å². The number of amides is 2. The average molecular weight is 412 g/mol. The number of H-pyrrole nitrogens is 2. The lowest BCUT2D eigenvalue weighted by molar-refractivity contribution is -0.136. The van der Waals surface area contributed by atoms with Crippen LogP contribution in [-0.4, -0.2) is 58.8 Å². The molecule has 0 atom stereocenters. The van der Waals surface area contributed by atoms with Crippen molar-refractivity contribution in [3.8, 4) is 0 Å². The molecular weight excluding hydrogens is 388 g/mol. The maximum atomic E-state index is 13.5. The molecule has 156 valence electrons. The molecule has 1 aliphatic rings. The zero-order chi connectivity index (χ0) is 21.5. The molecule has 0 bridgehead atoms. The van der Waals surface area contributed by atoms with Gasteiger partial charge in [0, 0.05) is 40.1 Å². The number of benzene rings is 2. The van der Waals surface area contributed by atoms with E-state index in [0.717, 1.165) is 40.3 Å². The lowest BCUT2D eigenvalue weighted by Gasteiger charge is -2.16. The first-order valence-electron chi connectivity index (χ1n) is 10.4. The van der Waals surface area contributed by atoms with E-state index in [1.165, 1.54) is 4.90 Å². The Kier molecular flexibility index (Phi) is 4.71. The molecule has 0 aliphatic carbocycles. The van der Waals surface area contributed by atoms with Crippen LogP contribution in [0.25, 0.3) is 33.0 Å². The molecule has 0 spiro atoms. The SMILES string of the molecule is CN(C)CCCN1C(=O)C(c2cc3ccccc3[nH]2)=C(c2c[nH]c3ccccc23)C1=O. The third-order valence-electron chi connectivity index (χ3n) is 5.81. The Morgan fingerprint density at radius 3 is 2.39 bits per heavy atom. The number of aromatic amines is 2. The average Bonchev–Trinajstić information content (AvgIpc) is 3.43. The third-order valence-corrected chi connectivity index (χ3v) is 5.81. The van der Waals surface area contributed by atoms with E-state index >= 15 is 0 Å². The first-order valence-corrected chi connectivity index (χ1v) is 10.4. The Balaban J connectivity index is 1.66. The van der Waals surface area contributed by atoms with Crippen LogP contribution in [0.15, 0.2) is 60.8 Å². The van der Waals surface area contributed by atoms with Gasteiger partial charge in [-0.1, -0.05) is 36.4 Å². The van der Waals surface area contributed by atoms with Gasteiger partial charge in [-0.3, -0.25) is 14.5 Å². The maximum absolute atomic E-state index is 13.5. The fourth-order valence-electron chi connectivity index (χ4n) is 4.31. The van der Waals surface area contributed by atoms with Crippen molar-refractivity contribution in [2.24, 2.45) is 0 Å². The molecule has 0 saturated heterocycles. The fraction of sp³-hybridized carbons (Fsp3) is 0.200. The summed E-state index contributed by atoms with van der Waals surface area (Å²) in [6.45, 7) is 1.20. The second kappa shape index (κ2) is 7.56. The summed E-state index contributed by atoms with van der Waals surface area (Å²) in [4.78, 5) is 37.1. The molecule has 0 fully saturated rings. The highest BCUT2D eigenvalue weighted by Gasteiger charge is 2.40. The fourth-order valence-corrected chi connectivity index (χ4v) is 4.31. The number of hydrogen-bond acceptors (Lipinski definition) is 3. The Morgan fingerprint density at radius 1 is 0.903 bits per heavy atom. The van der Waals surface area contributed by atoms with Crippen LogP contribution in [0.4, 0.5) is 0 Å². The predicted molar refractivity (Wildman–Crippen MR) is 123 cm³/mol. The van der Waals surface area contributed by atoms with Gasteiger partial charge in [-0.15, -0.1) is 0 Å².